The molecule has 0 radical (unpaired) electrons. The fourth-order valence-corrected chi connectivity index (χ4v) is 2.20. The maximum Gasteiger partial charge on any atom is 0.360 e. The molecule has 112 valence electrons. The Morgan fingerprint density at radius 2 is 2.10 bits per heavy atom. The number of esters is 1. The number of carbonyl (C=O) groups excluding carboxylic acids is 1. The Bertz CT molecular complexity index is 697. The second kappa shape index (κ2) is 5.34. The van der Waals surface area contributed by atoms with Crippen LogP contribution in [0.3, 0.4) is 0 Å². The second-order valence-corrected chi connectivity index (χ2v) is 4.67. The minimum atomic E-state index is -0.778. The van der Waals surface area contributed by atoms with E-state index in [4.69, 9.17) is 16.3 Å². The van der Waals surface area contributed by atoms with E-state index < -0.39 is 11.7 Å². The fourth-order valence-electron chi connectivity index (χ4n) is 2.03. The van der Waals surface area contributed by atoms with Gasteiger partial charge in [0.05, 0.1) is 20.3 Å². The van der Waals surface area contributed by atoms with E-state index in [9.17, 15) is 9.90 Å². The minimum Gasteiger partial charge on any atom is -0.503 e. The third kappa shape index (κ3) is 2.34. The van der Waals surface area contributed by atoms with Crippen molar-refractivity contribution in [3.05, 3.63) is 10.8 Å². The van der Waals surface area contributed by atoms with Gasteiger partial charge in [0.2, 0.25) is 5.95 Å². The van der Waals surface area contributed by atoms with Gasteiger partial charge in [-0.05, 0) is 0 Å². The van der Waals surface area contributed by atoms with Gasteiger partial charge in [-0.25, -0.2) is 4.79 Å². The Balaban J connectivity index is 2.13. The minimum absolute atomic E-state index is 0.111. The Hall–Kier alpha value is -2.13. The number of nitrogens with zero attached hydrogens (tertiary/aromatic N) is 5. The van der Waals surface area contributed by atoms with Gasteiger partial charge >= 0.3 is 5.97 Å². The summed E-state index contributed by atoms with van der Waals surface area (Å²) in [4.78, 5) is 21.8. The lowest BCUT2D eigenvalue weighted by Gasteiger charge is -2.25. The van der Waals surface area contributed by atoms with Crippen LogP contribution in [0, 0.1) is 0 Å². The molecule has 0 aliphatic carbocycles. The zero-order valence-electron chi connectivity index (χ0n) is 11.1. The molecule has 0 bridgehead atoms. The highest BCUT2D eigenvalue weighted by molar-refractivity contribution is 6.31. The number of aromatic hydroxyl groups is 1. The molecule has 1 N–H and O–H groups in total. The van der Waals surface area contributed by atoms with E-state index in [1.54, 1.807) is 0 Å². The lowest BCUT2D eigenvalue weighted by molar-refractivity contribution is 0.0586. The molecule has 0 aromatic carbocycles. The van der Waals surface area contributed by atoms with Crippen LogP contribution in [-0.4, -0.2) is 64.1 Å². The van der Waals surface area contributed by atoms with Gasteiger partial charge in [0.1, 0.15) is 0 Å². The van der Waals surface area contributed by atoms with E-state index in [1.165, 1.54) is 7.11 Å². The standard InChI is InChI=1S/C11H12ClN5O4/c1-20-9(19)6-7(18)8(12)13-10-14-11(15-17(6)10)16-2-4-21-5-3-16/h18H,2-5H2,1H3. The predicted octanol–water partition coefficient (Wildman–Crippen LogP) is 0.106. The summed E-state index contributed by atoms with van der Waals surface area (Å²) in [6.45, 7) is 2.39. The average Bonchev–Trinajstić information content (AvgIpc) is 2.92. The van der Waals surface area contributed by atoms with Crippen LogP contribution in [0.4, 0.5) is 5.95 Å². The fraction of sp³-hybridized carbons (Fsp3) is 0.455. The van der Waals surface area contributed by atoms with Crippen molar-refractivity contribution in [2.75, 3.05) is 38.3 Å². The molecule has 0 atom stereocenters. The molecule has 3 rings (SSSR count). The number of halogens is 1. The van der Waals surface area contributed by atoms with E-state index in [0.717, 1.165) is 4.52 Å². The van der Waals surface area contributed by atoms with Gasteiger partial charge in [0.25, 0.3) is 5.78 Å². The van der Waals surface area contributed by atoms with Crippen LogP contribution >= 0.6 is 11.6 Å². The van der Waals surface area contributed by atoms with Crippen LogP contribution in [0.15, 0.2) is 0 Å². The molecule has 1 aliphatic heterocycles. The van der Waals surface area contributed by atoms with Crippen molar-refractivity contribution in [2.45, 2.75) is 0 Å². The first-order valence-corrected chi connectivity index (χ1v) is 6.56. The smallest absolute Gasteiger partial charge is 0.360 e. The molecule has 2 aromatic rings. The molecule has 0 amide bonds. The molecule has 0 spiro atoms. The number of fused-ring (bicyclic) bond motifs is 1. The summed E-state index contributed by atoms with van der Waals surface area (Å²) in [6.07, 6.45) is 0. The summed E-state index contributed by atoms with van der Waals surface area (Å²) in [5, 5.41) is 13.9. The van der Waals surface area contributed by atoms with Gasteiger partial charge in [-0.3, -0.25) is 0 Å². The second-order valence-electron chi connectivity index (χ2n) is 4.31. The Kier molecular flexibility index (Phi) is 3.52. The number of hydrogen-bond donors (Lipinski definition) is 1. The highest BCUT2D eigenvalue weighted by Gasteiger charge is 2.25. The lowest BCUT2D eigenvalue weighted by atomic mass is 10.4. The zero-order valence-corrected chi connectivity index (χ0v) is 11.9. The van der Waals surface area contributed by atoms with Crippen molar-refractivity contribution in [1.82, 2.24) is 19.6 Å². The first-order chi connectivity index (χ1) is 10.1. The topological polar surface area (TPSA) is 102 Å². The summed E-state index contributed by atoms with van der Waals surface area (Å²) in [6, 6.07) is 0. The Labute approximate surface area is 124 Å². The monoisotopic (exact) mass is 313 g/mol. The number of hydrogen-bond acceptors (Lipinski definition) is 8. The average molecular weight is 314 g/mol. The Morgan fingerprint density at radius 3 is 2.76 bits per heavy atom. The van der Waals surface area contributed by atoms with E-state index in [0.29, 0.717) is 32.3 Å². The van der Waals surface area contributed by atoms with Crippen molar-refractivity contribution >= 4 is 29.3 Å². The molecule has 3 heterocycles. The first-order valence-electron chi connectivity index (χ1n) is 6.18. The summed E-state index contributed by atoms with van der Waals surface area (Å²) in [5.41, 5.74) is -0.209. The van der Waals surface area contributed by atoms with Crippen molar-refractivity contribution in [2.24, 2.45) is 0 Å². The number of aromatic nitrogens is 4. The number of morpholine rings is 1. The van der Waals surface area contributed by atoms with Gasteiger partial charge in [-0.1, -0.05) is 11.6 Å². The number of anilines is 1. The molecule has 1 saturated heterocycles. The zero-order chi connectivity index (χ0) is 15.0. The van der Waals surface area contributed by atoms with E-state index in [1.807, 2.05) is 4.90 Å². The van der Waals surface area contributed by atoms with Crippen molar-refractivity contribution in [1.29, 1.82) is 0 Å². The number of carbonyl (C=O) groups is 1. The molecule has 21 heavy (non-hydrogen) atoms. The molecular weight excluding hydrogens is 302 g/mol. The quantitative estimate of drug-likeness (QED) is 0.615. The van der Waals surface area contributed by atoms with Crippen LogP contribution in [-0.2, 0) is 9.47 Å². The number of ether oxygens (including phenoxy) is 2. The third-order valence-electron chi connectivity index (χ3n) is 3.08. The van der Waals surface area contributed by atoms with Crippen molar-refractivity contribution in [3.63, 3.8) is 0 Å². The van der Waals surface area contributed by atoms with Crippen LogP contribution in [0.25, 0.3) is 5.78 Å². The summed E-state index contributed by atoms with van der Waals surface area (Å²) in [5.74, 6) is -0.771. The molecule has 2 aromatic heterocycles. The highest BCUT2D eigenvalue weighted by Crippen LogP contribution is 2.27. The summed E-state index contributed by atoms with van der Waals surface area (Å²) >= 11 is 5.81. The maximum absolute atomic E-state index is 11.8. The van der Waals surface area contributed by atoms with Gasteiger partial charge in [-0.15, -0.1) is 5.10 Å². The molecule has 9 nitrogen and oxygen atoms in total. The summed E-state index contributed by atoms with van der Waals surface area (Å²) in [7, 11) is 1.20. The summed E-state index contributed by atoms with van der Waals surface area (Å²) < 4.78 is 11.0. The largest absolute Gasteiger partial charge is 0.503 e. The molecule has 1 aliphatic rings. The normalized spacial score (nSPS) is 15.4. The number of methoxy groups -OCH3 is 1. The first kappa shape index (κ1) is 13.8. The number of rotatable bonds is 2. The predicted molar refractivity (Wildman–Crippen MR) is 71.8 cm³/mol. The van der Waals surface area contributed by atoms with Gasteiger partial charge < -0.3 is 19.5 Å². The molecule has 10 heteroatoms. The van der Waals surface area contributed by atoms with Gasteiger partial charge in [-0.2, -0.15) is 14.5 Å². The van der Waals surface area contributed by atoms with E-state index in [2.05, 4.69) is 19.8 Å². The molecule has 1 fully saturated rings. The van der Waals surface area contributed by atoms with Crippen LogP contribution < -0.4 is 4.90 Å². The molecule has 0 unspecified atom stereocenters. The third-order valence-corrected chi connectivity index (χ3v) is 3.34. The van der Waals surface area contributed by atoms with E-state index >= 15 is 0 Å². The van der Waals surface area contributed by atoms with E-state index in [-0.39, 0.29) is 16.6 Å². The van der Waals surface area contributed by atoms with Crippen LogP contribution in [0.5, 0.6) is 5.75 Å². The van der Waals surface area contributed by atoms with Gasteiger partial charge in [0, 0.05) is 13.1 Å². The van der Waals surface area contributed by atoms with Crippen LogP contribution in [0.1, 0.15) is 10.5 Å². The molecular formula is C11H12ClN5O4. The Morgan fingerprint density at radius 1 is 1.38 bits per heavy atom. The van der Waals surface area contributed by atoms with Crippen molar-refractivity contribution in [3.8, 4) is 5.75 Å². The SMILES string of the molecule is COC(=O)c1c(O)c(Cl)nc2nc(N3CCOCC3)nn12. The molecule has 0 saturated carbocycles. The van der Waals surface area contributed by atoms with Crippen molar-refractivity contribution < 1.29 is 19.4 Å². The van der Waals surface area contributed by atoms with Crippen LogP contribution in [0.2, 0.25) is 5.15 Å². The maximum atomic E-state index is 11.8. The highest BCUT2D eigenvalue weighted by atomic mass is 35.5. The van der Waals surface area contributed by atoms with Gasteiger partial charge in [0.15, 0.2) is 16.6 Å². The lowest BCUT2D eigenvalue weighted by Crippen LogP contribution is -2.37.